The number of ether oxygens (including phenoxy) is 1. The van der Waals surface area contributed by atoms with Crippen LogP contribution in [0.2, 0.25) is 0 Å². The number of carbonyl (C=O) groups is 1. The van der Waals surface area contributed by atoms with Crippen LogP contribution < -0.4 is 4.74 Å². The van der Waals surface area contributed by atoms with Crippen molar-refractivity contribution in [2.24, 2.45) is 0 Å². The molecule has 0 N–H and O–H groups in total. The zero-order valence-electron chi connectivity index (χ0n) is 11.1. The van der Waals surface area contributed by atoms with Crippen molar-refractivity contribution < 1.29 is 13.9 Å². The van der Waals surface area contributed by atoms with Gasteiger partial charge in [-0.3, -0.25) is 4.79 Å². The maximum Gasteiger partial charge on any atom is 0.226 e. The molecule has 0 radical (unpaired) electrons. The topological polar surface area (TPSA) is 32.8 Å². The summed E-state index contributed by atoms with van der Waals surface area (Å²) in [6.07, 6.45) is 0.334. The number of carbonyl (C=O) groups excluding carboxylic acids is 1. The Labute approximate surface area is 112 Å². The van der Waals surface area contributed by atoms with E-state index in [0.29, 0.717) is 12.2 Å². The van der Waals surface area contributed by atoms with E-state index in [2.05, 4.69) is 11.9 Å². The van der Waals surface area contributed by atoms with E-state index in [9.17, 15) is 9.18 Å². The highest BCUT2D eigenvalue weighted by Crippen LogP contribution is 2.12. The SMILES string of the molecule is CN1CCN(C(=O)CCOc2cccc(F)c2)CC1. The van der Waals surface area contributed by atoms with Crippen LogP contribution in [0.15, 0.2) is 24.3 Å². The van der Waals surface area contributed by atoms with Crippen molar-refractivity contribution >= 4 is 5.91 Å². The van der Waals surface area contributed by atoms with Gasteiger partial charge < -0.3 is 14.5 Å². The van der Waals surface area contributed by atoms with E-state index >= 15 is 0 Å². The Kier molecular flexibility index (Phi) is 4.74. The Bertz CT molecular complexity index is 431. The summed E-state index contributed by atoms with van der Waals surface area (Å²) in [6.45, 7) is 3.66. The normalized spacial score (nSPS) is 16.4. The third-order valence-corrected chi connectivity index (χ3v) is 3.24. The number of halogens is 1. The Balaban J connectivity index is 1.72. The lowest BCUT2D eigenvalue weighted by atomic mass is 10.3. The fraction of sp³-hybridized carbons (Fsp3) is 0.500. The molecule has 1 heterocycles. The van der Waals surface area contributed by atoms with Crippen molar-refractivity contribution in [3.8, 4) is 5.75 Å². The molecule has 0 spiro atoms. The molecule has 1 aromatic rings. The molecule has 4 nitrogen and oxygen atoms in total. The zero-order valence-corrected chi connectivity index (χ0v) is 11.1. The zero-order chi connectivity index (χ0) is 13.7. The van der Waals surface area contributed by atoms with Crippen molar-refractivity contribution in [3.63, 3.8) is 0 Å². The first-order valence-corrected chi connectivity index (χ1v) is 6.50. The predicted octanol–water partition coefficient (Wildman–Crippen LogP) is 1.37. The van der Waals surface area contributed by atoms with Crippen LogP contribution in [0.1, 0.15) is 6.42 Å². The molecule has 1 amide bonds. The molecule has 1 aliphatic heterocycles. The summed E-state index contributed by atoms with van der Waals surface area (Å²) in [5.74, 6) is 0.235. The van der Waals surface area contributed by atoms with E-state index in [-0.39, 0.29) is 18.3 Å². The van der Waals surface area contributed by atoms with Crippen LogP contribution in [0.3, 0.4) is 0 Å². The minimum atomic E-state index is -0.331. The number of piperazine rings is 1. The highest BCUT2D eigenvalue weighted by molar-refractivity contribution is 5.76. The lowest BCUT2D eigenvalue weighted by molar-refractivity contribution is -0.133. The first kappa shape index (κ1) is 13.8. The number of nitrogens with zero attached hydrogens (tertiary/aromatic N) is 2. The summed E-state index contributed by atoms with van der Waals surface area (Å²) in [7, 11) is 2.05. The second-order valence-corrected chi connectivity index (χ2v) is 4.74. The van der Waals surface area contributed by atoms with Crippen molar-refractivity contribution in [3.05, 3.63) is 30.1 Å². The van der Waals surface area contributed by atoms with Crippen molar-refractivity contribution in [2.45, 2.75) is 6.42 Å². The van der Waals surface area contributed by atoms with Gasteiger partial charge in [0.05, 0.1) is 13.0 Å². The number of benzene rings is 1. The number of amides is 1. The quantitative estimate of drug-likeness (QED) is 0.825. The van der Waals surface area contributed by atoms with Gasteiger partial charge in [-0.1, -0.05) is 6.07 Å². The summed E-state index contributed by atoms with van der Waals surface area (Å²) in [4.78, 5) is 16.0. The molecule has 0 aliphatic carbocycles. The standard InChI is InChI=1S/C14H19FN2O2/c1-16-6-8-17(9-7-16)14(18)5-10-19-13-4-2-3-12(15)11-13/h2-4,11H,5-10H2,1H3. The van der Waals surface area contributed by atoms with Crippen molar-refractivity contribution in [1.29, 1.82) is 0 Å². The molecule has 1 aromatic carbocycles. The van der Waals surface area contributed by atoms with E-state index in [4.69, 9.17) is 4.74 Å². The minimum Gasteiger partial charge on any atom is -0.493 e. The summed E-state index contributed by atoms with van der Waals surface area (Å²) in [5, 5.41) is 0. The van der Waals surface area contributed by atoms with Gasteiger partial charge in [0.15, 0.2) is 0 Å². The van der Waals surface area contributed by atoms with Crippen molar-refractivity contribution in [2.75, 3.05) is 39.8 Å². The van der Waals surface area contributed by atoms with Gasteiger partial charge in [0.2, 0.25) is 5.91 Å². The average molecular weight is 266 g/mol. The lowest BCUT2D eigenvalue weighted by Crippen LogP contribution is -2.47. The minimum absolute atomic E-state index is 0.101. The third kappa shape index (κ3) is 4.21. The molecule has 5 heteroatoms. The fourth-order valence-corrected chi connectivity index (χ4v) is 2.03. The van der Waals surface area contributed by atoms with Gasteiger partial charge in [0.25, 0.3) is 0 Å². The van der Waals surface area contributed by atoms with Crippen LogP contribution in [0.25, 0.3) is 0 Å². The Hall–Kier alpha value is -1.62. The first-order chi connectivity index (χ1) is 9.15. The average Bonchev–Trinajstić information content (AvgIpc) is 2.39. The summed E-state index contributed by atoms with van der Waals surface area (Å²) in [6, 6.07) is 5.96. The summed E-state index contributed by atoms with van der Waals surface area (Å²) >= 11 is 0. The van der Waals surface area contributed by atoms with Crippen LogP contribution in [-0.4, -0.2) is 55.5 Å². The van der Waals surface area contributed by atoms with Gasteiger partial charge >= 0.3 is 0 Å². The van der Waals surface area contributed by atoms with Gasteiger partial charge in [-0.2, -0.15) is 0 Å². The van der Waals surface area contributed by atoms with Gasteiger partial charge in [-0.15, -0.1) is 0 Å². The van der Waals surface area contributed by atoms with Gasteiger partial charge in [-0.25, -0.2) is 4.39 Å². The Morgan fingerprint density at radius 1 is 1.32 bits per heavy atom. The van der Waals surface area contributed by atoms with Crippen LogP contribution in [0.4, 0.5) is 4.39 Å². The van der Waals surface area contributed by atoms with Crippen LogP contribution in [0, 0.1) is 5.82 Å². The molecule has 1 fully saturated rings. The molecule has 104 valence electrons. The van der Waals surface area contributed by atoms with E-state index < -0.39 is 0 Å². The monoisotopic (exact) mass is 266 g/mol. The highest BCUT2D eigenvalue weighted by Gasteiger charge is 2.18. The molecule has 0 unspecified atom stereocenters. The second kappa shape index (κ2) is 6.52. The van der Waals surface area contributed by atoms with Crippen LogP contribution >= 0.6 is 0 Å². The molecule has 0 bridgehead atoms. The van der Waals surface area contributed by atoms with E-state index in [1.807, 2.05) is 4.90 Å². The fourth-order valence-electron chi connectivity index (χ4n) is 2.03. The molecule has 0 saturated carbocycles. The third-order valence-electron chi connectivity index (χ3n) is 3.24. The number of likely N-dealkylation sites (N-methyl/N-ethyl adjacent to an activating group) is 1. The van der Waals surface area contributed by atoms with Crippen LogP contribution in [-0.2, 0) is 4.79 Å². The number of hydrogen-bond donors (Lipinski definition) is 0. The van der Waals surface area contributed by atoms with Crippen LogP contribution in [0.5, 0.6) is 5.75 Å². The largest absolute Gasteiger partial charge is 0.493 e. The molecular formula is C14H19FN2O2. The first-order valence-electron chi connectivity index (χ1n) is 6.50. The van der Waals surface area contributed by atoms with Gasteiger partial charge in [0, 0.05) is 32.2 Å². The highest BCUT2D eigenvalue weighted by atomic mass is 19.1. The van der Waals surface area contributed by atoms with E-state index in [1.54, 1.807) is 12.1 Å². The maximum atomic E-state index is 12.9. The maximum absolute atomic E-state index is 12.9. The van der Waals surface area contributed by atoms with Crippen molar-refractivity contribution in [1.82, 2.24) is 9.80 Å². The van der Waals surface area contributed by atoms with E-state index in [1.165, 1.54) is 12.1 Å². The lowest BCUT2D eigenvalue weighted by Gasteiger charge is -2.32. The molecule has 0 aromatic heterocycles. The molecule has 1 saturated heterocycles. The number of hydrogen-bond acceptors (Lipinski definition) is 3. The molecular weight excluding hydrogens is 247 g/mol. The smallest absolute Gasteiger partial charge is 0.226 e. The predicted molar refractivity (Wildman–Crippen MR) is 70.6 cm³/mol. The second-order valence-electron chi connectivity index (χ2n) is 4.74. The molecule has 19 heavy (non-hydrogen) atoms. The summed E-state index contributed by atoms with van der Waals surface area (Å²) < 4.78 is 18.3. The van der Waals surface area contributed by atoms with E-state index in [0.717, 1.165) is 26.2 Å². The van der Waals surface area contributed by atoms with Gasteiger partial charge in [0.1, 0.15) is 11.6 Å². The Morgan fingerprint density at radius 3 is 2.74 bits per heavy atom. The number of rotatable bonds is 4. The van der Waals surface area contributed by atoms with Gasteiger partial charge in [-0.05, 0) is 19.2 Å². The molecule has 1 aliphatic rings. The summed E-state index contributed by atoms with van der Waals surface area (Å²) in [5.41, 5.74) is 0. The molecule has 0 atom stereocenters. The molecule has 2 rings (SSSR count). The Morgan fingerprint density at radius 2 is 2.05 bits per heavy atom.